The van der Waals surface area contributed by atoms with E-state index < -0.39 is 12.1 Å². The summed E-state index contributed by atoms with van der Waals surface area (Å²) in [5.41, 5.74) is 0.597. The van der Waals surface area contributed by atoms with E-state index in [9.17, 15) is 9.59 Å². The molecule has 0 aliphatic rings. The van der Waals surface area contributed by atoms with Crippen molar-refractivity contribution in [2.45, 2.75) is 26.5 Å². The topological polar surface area (TPSA) is 88.5 Å². The van der Waals surface area contributed by atoms with E-state index in [4.69, 9.17) is 9.84 Å². The van der Waals surface area contributed by atoms with Crippen molar-refractivity contribution in [1.29, 1.82) is 0 Å². The molecule has 92 valence electrons. The van der Waals surface area contributed by atoms with Crippen LogP contribution in [0.2, 0.25) is 0 Å². The molecule has 6 heteroatoms. The van der Waals surface area contributed by atoms with Crippen molar-refractivity contribution in [3.8, 4) is 0 Å². The Morgan fingerprint density at radius 2 is 2.24 bits per heavy atom. The molecule has 1 rings (SSSR count). The molecule has 0 spiro atoms. The lowest BCUT2D eigenvalue weighted by atomic mass is 10.2. The van der Waals surface area contributed by atoms with Crippen molar-refractivity contribution in [1.82, 2.24) is 10.3 Å². The summed E-state index contributed by atoms with van der Waals surface area (Å²) in [6.07, 6.45) is 0.629. The third-order valence-corrected chi connectivity index (χ3v) is 1.82. The maximum atomic E-state index is 11.2. The fraction of sp³-hybridized carbons (Fsp3) is 0.364. The molecule has 1 heterocycles. The number of carbonyl (C=O) groups is 2. The van der Waals surface area contributed by atoms with Gasteiger partial charge in [-0.2, -0.15) is 0 Å². The molecule has 1 amide bonds. The van der Waals surface area contributed by atoms with E-state index in [1.807, 2.05) is 0 Å². The number of hydrogen-bond acceptors (Lipinski definition) is 4. The monoisotopic (exact) mass is 238 g/mol. The lowest BCUT2D eigenvalue weighted by molar-refractivity contribution is 0.0696. The van der Waals surface area contributed by atoms with E-state index in [0.717, 1.165) is 0 Å². The molecule has 0 saturated heterocycles. The molecule has 0 aromatic carbocycles. The molecule has 0 saturated carbocycles. The van der Waals surface area contributed by atoms with Crippen molar-refractivity contribution in [3.05, 3.63) is 29.6 Å². The third kappa shape index (κ3) is 4.50. The van der Waals surface area contributed by atoms with Gasteiger partial charge in [-0.1, -0.05) is 0 Å². The first-order valence-electron chi connectivity index (χ1n) is 5.11. The summed E-state index contributed by atoms with van der Waals surface area (Å²) in [5.74, 6) is -1.03. The number of aromatic nitrogens is 1. The summed E-state index contributed by atoms with van der Waals surface area (Å²) in [4.78, 5) is 25.8. The molecule has 0 radical (unpaired) electrons. The number of nitrogens with zero attached hydrogens (tertiary/aromatic N) is 1. The number of carboxylic acid groups (broad SMARTS) is 1. The highest BCUT2D eigenvalue weighted by molar-refractivity contribution is 5.87. The number of carboxylic acids is 1. The van der Waals surface area contributed by atoms with Crippen LogP contribution >= 0.6 is 0 Å². The van der Waals surface area contributed by atoms with Crippen LogP contribution in [-0.2, 0) is 11.3 Å². The SMILES string of the molecule is CC(C)OC(=O)NCc1cc(C(=O)O)ccn1. The number of pyridine rings is 1. The van der Waals surface area contributed by atoms with Gasteiger partial charge in [0, 0.05) is 6.20 Å². The summed E-state index contributed by atoms with van der Waals surface area (Å²) in [7, 11) is 0. The molecule has 1 aromatic heterocycles. The van der Waals surface area contributed by atoms with Crippen molar-refractivity contribution < 1.29 is 19.4 Å². The van der Waals surface area contributed by atoms with Crippen LogP contribution in [0, 0.1) is 0 Å². The lowest BCUT2D eigenvalue weighted by Crippen LogP contribution is -2.26. The first kappa shape index (κ1) is 13.0. The second kappa shape index (κ2) is 5.83. The summed E-state index contributed by atoms with van der Waals surface area (Å²) in [6, 6.07) is 2.79. The van der Waals surface area contributed by atoms with E-state index in [1.54, 1.807) is 13.8 Å². The number of nitrogens with one attached hydrogen (secondary N) is 1. The number of aromatic carboxylic acids is 1. The summed E-state index contributed by atoms with van der Waals surface area (Å²) < 4.78 is 4.86. The molecular formula is C11H14N2O4. The Morgan fingerprint density at radius 1 is 1.53 bits per heavy atom. The third-order valence-electron chi connectivity index (χ3n) is 1.82. The van der Waals surface area contributed by atoms with Crippen LogP contribution in [0.15, 0.2) is 18.3 Å². The zero-order chi connectivity index (χ0) is 12.8. The summed E-state index contributed by atoms with van der Waals surface area (Å²) in [5, 5.41) is 11.2. The second-order valence-electron chi connectivity index (χ2n) is 3.65. The van der Waals surface area contributed by atoms with Crippen LogP contribution in [0.25, 0.3) is 0 Å². The van der Waals surface area contributed by atoms with E-state index in [0.29, 0.717) is 5.69 Å². The fourth-order valence-corrected chi connectivity index (χ4v) is 1.13. The average molecular weight is 238 g/mol. The van der Waals surface area contributed by atoms with Crippen LogP contribution in [0.1, 0.15) is 29.9 Å². The standard InChI is InChI=1S/C11H14N2O4/c1-7(2)17-11(16)13-6-9-5-8(10(14)15)3-4-12-9/h3-5,7H,6H2,1-2H3,(H,13,16)(H,14,15). The van der Waals surface area contributed by atoms with Gasteiger partial charge >= 0.3 is 12.1 Å². The first-order valence-corrected chi connectivity index (χ1v) is 5.11. The van der Waals surface area contributed by atoms with Crippen LogP contribution in [0.3, 0.4) is 0 Å². The minimum Gasteiger partial charge on any atom is -0.478 e. The Hall–Kier alpha value is -2.11. The zero-order valence-electron chi connectivity index (χ0n) is 9.64. The van der Waals surface area contributed by atoms with Crippen LogP contribution in [0.5, 0.6) is 0 Å². The van der Waals surface area contributed by atoms with Gasteiger partial charge in [0.1, 0.15) is 0 Å². The van der Waals surface area contributed by atoms with E-state index >= 15 is 0 Å². The molecule has 0 fully saturated rings. The molecule has 2 N–H and O–H groups in total. The summed E-state index contributed by atoms with van der Waals surface area (Å²) in [6.45, 7) is 3.61. The molecule has 6 nitrogen and oxygen atoms in total. The Balaban J connectivity index is 2.54. The van der Waals surface area contributed by atoms with Crippen LogP contribution in [0.4, 0.5) is 4.79 Å². The normalized spacial score (nSPS) is 10.1. The number of ether oxygens (including phenoxy) is 1. The molecule has 0 unspecified atom stereocenters. The van der Waals surface area contributed by atoms with Crippen LogP contribution < -0.4 is 5.32 Å². The van der Waals surface area contributed by atoms with Crippen molar-refractivity contribution in [2.24, 2.45) is 0 Å². The van der Waals surface area contributed by atoms with E-state index in [2.05, 4.69) is 10.3 Å². The Kier molecular flexibility index (Phi) is 4.45. The largest absolute Gasteiger partial charge is 0.478 e. The second-order valence-corrected chi connectivity index (χ2v) is 3.65. The number of carbonyl (C=O) groups excluding carboxylic acids is 1. The van der Waals surface area contributed by atoms with Gasteiger partial charge in [0.05, 0.1) is 23.9 Å². The van der Waals surface area contributed by atoms with Crippen LogP contribution in [-0.4, -0.2) is 28.3 Å². The minimum atomic E-state index is -1.03. The van der Waals surface area contributed by atoms with E-state index in [-0.39, 0.29) is 18.2 Å². The Labute approximate surface area is 98.6 Å². The van der Waals surface area contributed by atoms with Gasteiger partial charge in [0.2, 0.25) is 0 Å². The highest BCUT2D eigenvalue weighted by atomic mass is 16.6. The van der Waals surface area contributed by atoms with Gasteiger partial charge in [0.15, 0.2) is 0 Å². The molecule has 1 aromatic rings. The van der Waals surface area contributed by atoms with Crippen molar-refractivity contribution >= 4 is 12.1 Å². The first-order chi connectivity index (χ1) is 7.99. The predicted molar refractivity (Wildman–Crippen MR) is 59.7 cm³/mol. The number of amides is 1. The van der Waals surface area contributed by atoms with Gasteiger partial charge in [-0.25, -0.2) is 9.59 Å². The molecule has 17 heavy (non-hydrogen) atoms. The quantitative estimate of drug-likeness (QED) is 0.828. The highest BCUT2D eigenvalue weighted by Crippen LogP contribution is 2.01. The zero-order valence-corrected chi connectivity index (χ0v) is 9.64. The lowest BCUT2D eigenvalue weighted by Gasteiger charge is -2.09. The minimum absolute atomic E-state index is 0.132. The summed E-state index contributed by atoms with van der Waals surface area (Å²) >= 11 is 0. The van der Waals surface area contributed by atoms with Gasteiger partial charge in [-0.15, -0.1) is 0 Å². The maximum absolute atomic E-state index is 11.2. The molecule has 0 aliphatic heterocycles. The van der Waals surface area contributed by atoms with Crippen molar-refractivity contribution in [3.63, 3.8) is 0 Å². The molecule has 0 atom stereocenters. The smallest absolute Gasteiger partial charge is 0.407 e. The molecular weight excluding hydrogens is 224 g/mol. The Morgan fingerprint density at radius 3 is 2.82 bits per heavy atom. The Bertz CT molecular complexity index is 418. The van der Waals surface area contributed by atoms with Gasteiger partial charge in [-0.05, 0) is 26.0 Å². The number of rotatable bonds is 4. The fourth-order valence-electron chi connectivity index (χ4n) is 1.13. The molecule has 0 aliphatic carbocycles. The van der Waals surface area contributed by atoms with Gasteiger partial charge in [0.25, 0.3) is 0 Å². The van der Waals surface area contributed by atoms with Gasteiger partial charge in [-0.3, -0.25) is 4.98 Å². The molecule has 0 bridgehead atoms. The van der Waals surface area contributed by atoms with Gasteiger partial charge < -0.3 is 15.2 Å². The highest BCUT2D eigenvalue weighted by Gasteiger charge is 2.07. The average Bonchev–Trinajstić information content (AvgIpc) is 2.26. The number of alkyl carbamates (subject to hydrolysis) is 1. The maximum Gasteiger partial charge on any atom is 0.407 e. The van der Waals surface area contributed by atoms with Crippen molar-refractivity contribution in [2.75, 3.05) is 0 Å². The van der Waals surface area contributed by atoms with E-state index in [1.165, 1.54) is 18.3 Å². The predicted octanol–water partition coefficient (Wildman–Crippen LogP) is 1.41. The number of hydrogen-bond donors (Lipinski definition) is 2.